The Morgan fingerprint density at radius 3 is 2.50 bits per heavy atom. The molecule has 0 radical (unpaired) electrons. The molecular formula is C21H20N2O3. The summed E-state index contributed by atoms with van der Waals surface area (Å²) in [7, 11) is 0. The van der Waals surface area contributed by atoms with Crippen LogP contribution in [-0.2, 0) is 17.9 Å². The van der Waals surface area contributed by atoms with E-state index in [0.29, 0.717) is 12.3 Å². The molecule has 1 heterocycles. The number of pyridine rings is 1. The van der Waals surface area contributed by atoms with Crippen molar-refractivity contribution in [3.05, 3.63) is 84.2 Å². The molecule has 0 spiro atoms. The molecule has 2 aromatic carbocycles. The van der Waals surface area contributed by atoms with Gasteiger partial charge in [-0.15, -0.1) is 0 Å². The standard InChI is InChI=1S/C21H20N2O3/c24-21(25)15-26-20-5-1-3-17(11-20)13-23-12-16-6-8-18(9-7-16)19-4-2-10-22-14-19/h1-11,14,23H,12-13,15H2,(H,24,25). The van der Waals surface area contributed by atoms with Gasteiger partial charge in [0.25, 0.3) is 0 Å². The summed E-state index contributed by atoms with van der Waals surface area (Å²) in [6, 6.07) is 19.8. The van der Waals surface area contributed by atoms with E-state index >= 15 is 0 Å². The van der Waals surface area contributed by atoms with E-state index in [2.05, 4.69) is 34.6 Å². The molecular weight excluding hydrogens is 328 g/mol. The van der Waals surface area contributed by atoms with Gasteiger partial charge in [-0.25, -0.2) is 4.79 Å². The first-order chi connectivity index (χ1) is 12.7. The van der Waals surface area contributed by atoms with Gasteiger partial charge in [-0.05, 0) is 40.5 Å². The van der Waals surface area contributed by atoms with Crippen molar-refractivity contribution in [3.8, 4) is 16.9 Å². The lowest BCUT2D eigenvalue weighted by Crippen LogP contribution is -2.13. The Kier molecular flexibility index (Phi) is 5.96. The van der Waals surface area contributed by atoms with Gasteiger partial charge in [-0.1, -0.05) is 42.5 Å². The number of carboxylic acids is 1. The van der Waals surface area contributed by atoms with Crippen LogP contribution in [0, 0.1) is 0 Å². The average Bonchev–Trinajstić information content (AvgIpc) is 2.68. The zero-order chi connectivity index (χ0) is 18.2. The molecule has 3 aromatic rings. The Bertz CT molecular complexity index is 849. The maximum absolute atomic E-state index is 10.6. The van der Waals surface area contributed by atoms with E-state index in [1.807, 2.05) is 36.5 Å². The highest BCUT2D eigenvalue weighted by Crippen LogP contribution is 2.18. The van der Waals surface area contributed by atoms with Crippen molar-refractivity contribution in [1.82, 2.24) is 10.3 Å². The molecule has 0 unspecified atom stereocenters. The van der Waals surface area contributed by atoms with Gasteiger partial charge in [-0.3, -0.25) is 4.98 Å². The number of carboxylic acid groups (broad SMARTS) is 1. The molecule has 0 aliphatic carbocycles. The Balaban J connectivity index is 1.52. The summed E-state index contributed by atoms with van der Waals surface area (Å²) < 4.78 is 5.20. The summed E-state index contributed by atoms with van der Waals surface area (Å²) in [6.07, 6.45) is 3.62. The van der Waals surface area contributed by atoms with E-state index in [0.717, 1.165) is 23.2 Å². The highest BCUT2D eigenvalue weighted by molar-refractivity contribution is 5.68. The SMILES string of the molecule is O=C(O)COc1cccc(CNCc2ccc(-c3cccnc3)cc2)c1. The van der Waals surface area contributed by atoms with Crippen molar-refractivity contribution in [2.24, 2.45) is 0 Å². The second kappa shape index (κ2) is 8.78. The van der Waals surface area contributed by atoms with Gasteiger partial charge >= 0.3 is 5.97 Å². The van der Waals surface area contributed by atoms with E-state index in [-0.39, 0.29) is 6.61 Å². The molecule has 5 heteroatoms. The Hall–Kier alpha value is -3.18. The van der Waals surface area contributed by atoms with E-state index < -0.39 is 5.97 Å². The van der Waals surface area contributed by atoms with Crippen molar-refractivity contribution in [1.29, 1.82) is 0 Å². The number of aromatic nitrogens is 1. The molecule has 26 heavy (non-hydrogen) atoms. The fourth-order valence-corrected chi connectivity index (χ4v) is 2.59. The zero-order valence-corrected chi connectivity index (χ0v) is 14.3. The van der Waals surface area contributed by atoms with Crippen LogP contribution < -0.4 is 10.1 Å². The number of aliphatic carboxylic acids is 1. The van der Waals surface area contributed by atoms with Crippen LogP contribution in [0.1, 0.15) is 11.1 Å². The lowest BCUT2D eigenvalue weighted by Gasteiger charge is -2.08. The first-order valence-corrected chi connectivity index (χ1v) is 8.34. The van der Waals surface area contributed by atoms with Crippen molar-refractivity contribution in [2.75, 3.05) is 6.61 Å². The highest BCUT2D eigenvalue weighted by atomic mass is 16.5. The third kappa shape index (κ3) is 5.16. The molecule has 0 saturated heterocycles. The van der Waals surface area contributed by atoms with Gasteiger partial charge < -0.3 is 15.2 Å². The topological polar surface area (TPSA) is 71.5 Å². The van der Waals surface area contributed by atoms with Crippen LogP contribution in [0.15, 0.2) is 73.1 Å². The minimum absolute atomic E-state index is 0.333. The molecule has 0 atom stereocenters. The first-order valence-electron chi connectivity index (χ1n) is 8.34. The predicted molar refractivity (Wildman–Crippen MR) is 99.8 cm³/mol. The highest BCUT2D eigenvalue weighted by Gasteiger charge is 2.02. The number of rotatable bonds is 8. The van der Waals surface area contributed by atoms with Gasteiger partial charge in [0.1, 0.15) is 5.75 Å². The lowest BCUT2D eigenvalue weighted by atomic mass is 10.1. The van der Waals surface area contributed by atoms with Crippen LogP contribution in [-0.4, -0.2) is 22.7 Å². The molecule has 0 aliphatic heterocycles. The number of nitrogens with zero attached hydrogens (tertiary/aromatic N) is 1. The summed E-state index contributed by atoms with van der Waals surface area (Å²) in [5.41, 5.74) is 4.48. The number of nitrogens with one attached hydrogen (secondary N) is 1. The fraction of sp³-hybridized carbons (Fsp3) is 0.143. The molecule has 132 valence electrons. The fourth-order valence-electron chi connectivity index (χ4n) is 2.59. The second-order valence-corrected chi connectivity index (χ2v) is 5.87. The van der Waals surface area contributed by atoms with E-state index in [1.165, 1.54) is 5.56 Å². The molecule has 0 saturated carbocycles. The maximum atomic E-state index is 10.6. The van der Waals surface area contributed by atoms with Gasteiger partial charge in [0.15, 0.2) is 6.61 Å². The number of hydrogen-bond donors (Lipinski definition) is 2. The number of hydrogen-bond acceptors (Lipinski definition) is 4. The molecule has 0 amide bonds. The zero-order valence-electron chi connectivity index (χ0n) is 14.3. The quantitative estimate of drug-likeness (QED) is 0.652. The molecule has 0 fully saturated rings. The van der Waals surface area contributed by atoms with Crippen LogP contribution in [0.4, 0.5) is 0 Å². The van der Waals surface area contributed by atoms with E-state index in [1.54, 1.807) is 12.3 Å². The van der Waals surface area contributed by atoms with Crippen molar-refractivity contribution in [2.45, 2.75) is 13.1 Å². The monoisotopic (exact) mass is 348 g/mol. The number of benzene rings is 2. The van der Waals surface area contributed by atoms with Gasteiger partial charge in [0.05, 0.1) is 0 Å². The van der Waals surface area contributed by atoms with Crippen molar-refractivity contribution >= 4 is 5.97 Å². The Morgan fingerprint density at radius 1 is 0.962 bits per heavy atom. The van der Waals surface area contributed by atoms with Crippen LogP contribution in [0.25, 0.3) is 11.1 Å². The summed E-state index contributed by atoms with van der Waals surface area (Å²) in [5, 5.41) is 12.0. The first kappa shape index (κ1) is 17.6. The molecule has 2 N–H and O–H groups in total. The van der Waals surface area contributed by atoms with Crippen molar-refractivity contribution in [3.63, 3.8) is 0 Å². The smallest absolute Gasteiger partial charge is 0.341 e. The predicted octanol–water partition coefficient (Wildman–Crippen LogP) is 3.50. The third-order valence-electron chi connectivity index (χ3n) is 3.87. The minimum atomic E-state index is -0.983. The molecule has 0 aliphatic rings. The average molecular weight is 348 g/mol. The Morgan fingerprint density at radius 2 is 1.77 bits per heavy atom. The molecule has 1 aromatic heterocycles. The van der Waals surface area contributed by atoms with Crippen LogP contribution >= 0.6 is 0 Å². The number of ether oxygens (including phenoxy) is 1. The summed E-state index contributed by atoms with van der Waals surface area (Å²) in [5.74, 6) is -0.421. The van der Waals surface area contributed by atoms with Gasteiger partial charge in [0, 0.05) is 25.5 Å². The third-order valence-corrected chi connectivity index (χ3v) is 3.87. The van der Waals surface area contributed by atoms with Crippen molar-refractivity contribution < 1.29 is 14.6 Å². The summed E-state index contributed by atoms with van der Waals surface area (Å²) in [4.78, 5) is 14.7. The Labute approximate surface area is 152 Å². The van der Waals surface area contributed by atoms with Crippen LogP contribution in [0.3, 0.4) is 0 Å². The molecule has 3 rings (SSSR count). The van der Waals surface area contributed by atoms with Crippen LogP contribution in [0.2, 0.25) is 0 Å². The largest absolute Gasteiger partial charge is 0.482 e. The summed E-state index contributed by atoms with van der Waals surface area (Å²) >= 11 is 0. The van der Waals surface area contributed by atoms with E-state index in [9.17, 15) is 4.79 Å². The lowest BCUT2D eigenvalue weighted by molar-refractivity contribution is -0.139. The van der Waals surface area contributed by atoms with Gasteiger partial charge in [0.2, 0.25) is 0 Å². The van der Waals surface area contributed by atoms with E-state index in [4.69, 9.17) is 9.84 Å². The van der Waals surface area contributed by atoms with Crippen LogP contribution in [0.5, 0.6) is 5.75 Å². The minimum Gasteiger partial charge on any atom is -0.482 e. The molecule has 5 nitrogen and oxygen atoms in total. The normalized spacial score (nSPS) is 10.5. The summed E-state index contributed by atoms with van der Waals surface area (Å²) in [6.45, 7) is 1.09. The van der Waals surface area contributed by atoms with Gasteiger partial charge in [-0.2, -0.15) is 0 Å². The molecule has 0 bridgehead atoms. The number of carbonyl (C=O) groups is 1. The second-order valence-electron chi connectivity index (χ2n) is 5.87. The maximum Gasteiger partial charge on any atom is 0.341 e.